The number of rotatable bonds is 1. The Morgan fingerprint density at radius 2 is 1.69 bits per heavy atom. The van der Waals surface area contributed by atoms with Gasteiger partial charge in [0.15, 0.2) is 0 Å². The van der Waals surface area contributed by atoms with E-state index in [1.165, 1.54) is 0 Å². The van der Waals surface area contributed by atoms with E-state index in [4.69, 9.17) is 5.21 Å². The van der Waals surface area contributed by atoms with Crippen molar-refractivity contribution in [1.82, 2.24) is 0 Å². The summed E-state index contributed by atoms with van der Waals surface area (Å²) in [7, 11) is 0. The fourth-order valence-electron chi connectivity index (χ4n) is 1.24. The maximum absolute atomic E-state index is 8.90. The summed E-state index contributed by atoms with van der Waals surface area (Å²) in [5.74, 6) is 0. The van der Waals surface area contributed by atoms with E-state index in [0.29, 0.717) is 5.71 Å². The van der Waals surface area contributed by atoms with Crippen molar-refractivity contribution < 1.29 is 5.21 Å². The molecule has 13 heavy (non-hydrogen) atoms. The molecule has 0 saturated carbocycles. The van der Waals surface area contributed by atoms with E-state index in [-0.39, 0.29) is 5.41 Å². The normalized spacial score (nSPS) is 13.0. The van der Waals surface area contributed by atoms with E-state index >= 15 is 0 Å². The van der Waals surface area contributed by atoms with Crippen LogP contribution in [0.2, 0.25) is 0 Å². The molecule has 0 aliphatic heterocycles. The monoisotopic (exact) mass is 177 g/mol. The van der Waals surface area contributed by atoms with Crippen molar-refractivity contribution >= 4 is 5.71 Å². The molecule has 1 rings (SSSR count). The summed E-state index contributed by atoms with van der Waals surface area (Å²) in [5, 5.41) is 12.2. The van der Waals surface area contributed by atoms with Gasteiger partial charge in [-0.25, -0.2) is 0 Å². The van der Waals surface area contributed by atoms with E-state index in [0.717, 1.165) is 5.56 Å². The van der Waals surface area contributed by atoms with Gasteiger partial charge in [-0.05, 0) is 5.56 Å². The summed E-state index contributed by atoms with van der Waals surface area (Å²) in [6, 6.07) is 9.71. The van der Waals surface area contributed by atoms with Crippen LogP contribution in [-0.4, -0.2) is 10.9 Å². The standard InChI is InChI=1S/C11H15NO/c1-11(2,3)10(12-13)9-7-5-4-6-8-9/h4-8,13H,1-3H3/b12-10-. The fraction of sp³-hybridized carbons (Fsp3) is 0.364. The van der Waals surface area contributed by atoms with Gasteiger partial charge >= 0.3 is 0 Å². The van der Waals surface area contributed by atoms with E-state index in [1.54, 1.807) is 0 Å². The van der Waals surface area contributed by atoms with Crippen LogP contribution in [0.4, 0.5) is 0 Å². The minimum Gasteiger partial charge on any atom is -0.411 e. The quantitative estimate of drug-likeness (QED) is 0.399. The van der Waals surface area contributed by atoms with Crippen molar-refractivity contribution in [2.24, 2.45) is 10.6 Å². The topological polar surface area (TPSA) is 32.6 Å². The van der Waals surface area contributed by atoms with Gasteiger partial charge in [0.25, 0.3) is 0 Å². The predicted octanol–water partition coefficient (Wildman–Crippen LogP) is 2.91. The van der Waals surface area contributed by atoms with Crippen molar-refractivity contribution in [3.8, 4) is 0 Å². The summed E-state index contributed by atoms with van der Waals surface area (Å²) in [6.07, 6.45) is 0. The molecule has 0 spiro atoms. The number of hydrogen-bond acceptors (Lipinski definition) is 2. The molecule has 0 radical (unpaired) electrons. The Kier molecular flexibility index (Phi) is 2.71. The Morgan fingerprint density at radius 3 is 2.08 bits per heavy atom. The molecular formula is C11H15NO. The molecule has 0 bridgehead atoms. The van der Waals surface area contributed by atoms with Crippen LogP contribution in [0.5, 0.6) is 0 Å². The van der Waals surface area contributed by atoms with Crippen LogP contribution < -0.4 is 0 Å². The molecular weight excluding hydrogens is 162 g/mol. The van der Waals surface area contributed by atoms with Crippen LogP contribution in [-0.2, 0) is 0 Å². The Bertz CT molecular complexity index is 296. The Labute approximate surface area is 78.9 Å². The zero-order chi connectivity index (χ0) is 9.90. The molecule has 1 aromatic rings. The molecule has 1 aromatic carbocycles. The Balaban J connectivity index is 3.08. The maximum Gasteiger partial charge on any atom is 0.0921 e. The lowest BCUT2D eigenvalue weighted by Crippen LogP contribution is -2.21. The van der Waals surface area contributed by atoms with Gasteiger partial charge in [-0.15, -0.1) is 0 Å². The second-order valence-corrected chi connectivity index (χ2v) is 4.06. The minimum atomic E-state index is -0.129. The van der Waals surface area contributed by atoms with Crippen molar-refractivity contribution in [3.63, 3.8) is 0 Å². The first-order valence-electron chi connectivity index (χ1n) is 4.33. The summed E-state index contributed by atoms with van der Waals surface area (Å²) >= 11 is 0. The number of nitrogens with zero attached hydrogens (tertiary/aromatic N) is 1. The van der Waals surface area contributed by atoms with Crippen molar-refractivity contribution in [3.05, 3.63) is 35.9 Å². The van der Waals surface area contributed by atoms with Gasteiger partial charge in [0.1, 0.15) is 0 Å². The maximum atomic E-state index is 8.90. The summed E-state index contributed by atoms with van der Waals surface area (Å²) in [5.41, 5.74) is 1.56. The second-order valence-electron chi connectivity index (χ2n) is 4.06. The van der Waals surface area contributed by atoms with Gasteiger partial charge in [-0.1, -0.05) is 56.3 Å². The molecule has 2 heteroatoms. The van der Waals surface area contributed by atoms with Crippen LogP contribution in [0.1, 0.15) is 26.3 Å². The van der Waals surface area contributed by atoms with Crippen LogP contribution in [0.3, 0.4) is 0 Å². The Hall–Kier alpha value is -1.31. The summed E-state index contributed by atoms with van der Waals surface area (Å²) < 4.78 is 0. The van der Waals surface area contributed by atoms with E-state index in [1.807, 2.05) is 51.1 Å². The Morgan fingerprint density at radius 1 is 1.15 bits per heavy atom. The van der Waals surface area contributed by atoms with Gasteiger partial charge in [0, 0.05) is 5.41 Å². The van der Waals surface area contributed by atoms with Gasteiger partial charge < -0.3 is 5.21 Å². The molecule has 0 aliphatic carbocycles. The van der Waals surface area contributed by atoms with Crippen LogP contribution in [0, 0.1) is 5.41 Å². The second kappa shape index (κ2) is 3.60. The van der Waals surface area contributed by atoms with Crippen LogP contribution in [0.25, 0.3) is 0 Å². The zero-order valence-electron chi connectivity index (χ0n) is 8.28. The molecule has 0 fully saturated rings. The van der Waals surface area contributed by atoms with E-state index in [2.05, 4.69) is 5.16 Å². The third-order valence-corrected chi connectivity index (χ3v) is 1.86. The molecule has 0 saturated heterocycles. The van der Waals surface area contributed by atoms with Crippen LogP contribution in [0.15, 0.2) is 35.5 Å². The van der Waals surface area contributed by atoms with E-state index in [9.17, 15) is 0 Å². The lowest BCUT2D eigenvalue weighted by molar-refractivity contribution is 0.311. The number of hydrogen-bond donors (Lipinski definition) is 1. The van der Waals surface area contributed by atoms with Crippen molar-refractivity contribution in [2.45, 2.75) is 20.8 Å². The zero-order valence-corrected chi connectivity index (χ0v) is 8.28. The fourth-order valence-corrected chi connectivity index (χ4v) is 1.24. The third kappa shape index (κ3) is 2.31. The highest BCUT2D eigenvalue weighted by atomic mass is 16.4. The van der Waals surface area contributed by atoms with Crippen LogP contribution >= 0.6 is 0 Å². The van der Waals surface area contributed by atoms with Gasteiger partial charge in [0.2, 0.25) is 0 Å². The highest BCUT2D eigenvalue weighted by Gasteiger charge is 2.20. The van der Waals surface area contributed by atoms with Gasteiger partial charge in [-0.2, -0.15) is 0 Å². The molecule has 0 unspecified atom stereocenters. The van der Waals surface area contributed by atoms with Gasteiger partial charge in [0.05, 0.1) is 5.71 Å². The summed E-state index contributed by atoms with van der Waals surface area (Å²) in [6.45, 7) is 6.07. The molecule has 0 amide bonds. The van der Waals surface area contributed by atoms with E-state index < -0.39 is 0 Å². The van der Waals surface area contributed by atoms with Crippen molar-refractivity contribution in [1.29, 1.82) is 0 Å². The highest BCUT2D eigenvalue weighted by Crippen LogP contribution is 2.21. The predicted molar refractivity (Wildman–Crippen MR) is 54.2 cm³/mol. The molecule has 0 heterocycles. The largest absolute Gasteiger partial charge is 0.411 e. The SMILES string of the molecule is CC(C)(C)/C(=N\O)c1ccccc1. The lowest BCUT2D eigenvalue weighted by Gasteiger charge is -2.19. The smallest absolute Gasteiger partial charge is 0.0921 e. The molecule has 1 N–H and O–H groups in total. The third-order valence-electron chi connectivity index (χ3n) is 1.86. The molecule has 0 atom stereocenters. The molecule has 70 valence electrons. The van der Waals surface area contributed by atoms with Crippen molar-refractivity contribution in [2.75, 3.05) is 0 Å². The first-order valence-corrected chi connectivity index (χ1v) is 4.33. The molecule has 0 aromatic heterocycles. The molecule has 2 nitrogen and oxygen atoms in total. The molecule has 0 aliphatic rings. The number of benzene rings is 1. The minimum absolute atomic E-state index is 0.129. The lowest BCUT2D eigenvalue weighted by atomic mass is 9.86. The number of oxime groups is 1. The first-order chi connectivity index (χ1) is 6.05. The average Bonchev–Trinajstić information content (AvgIpc) is 2.05. The highest BCUT2D eigenvalue weighted by molar-refractivity contribution is 6.03. The average molecular weight is 177 g/mol. The van der Waals surface area contributed by atoms with Gasteiger partial charge in [-0.3, -0.25) is 0 Å². The summed E-state index contributed by atoms with van der Waals surface area (Å²) in [4.78, 5) is 0. The first kappa shape index (κ1) is 9.78.